The molecule has 0 saturated carbocycles. The summed E-state index contributed by atoms with van der Waals surface area (Å²) in [6.07, 6.45) is 1.61. The van der Waals surface area contributed by atoms with Crippen LogP contribution < -0.4 is 10.6 Å². The fourth-order valence-corrected chi connectivity index (χ4v) is 1.89. The summed E-state index contributed by atoms with van der Waals surface area (Å²) >= 11 is 0. The Morgan fingerprint density at radius 3 is 2.85 bits per heavy atom. The lowest BCUT2D eigenvalue weighted by molar-refractivity contribution is 0.0951. The molecule has 0 unspecified atom stereocenters. The van der Waals surface area contributed by atoms with Crippen molar-refractivity contribution in [2.24, 2.45) is 0 Å². The molecular formula is C15H18N4O. The third-order valence-corrected chi connectivity index (χ3v) is 2.84. The van der Waals surface area contributed by atoms with Crippen LogP contribution in [-0.4, -0.2) is 22.6 Å². The van der Waals surface area contributed by atoms with E-state index < -0.39 is 0 Å². The lowest BCUT2D eigenvalue weighted by Crippen LogP contribution is -2.24. The van der Waals surface area contributed by atoms with Crippen molar-refractivity contribution >= 4 is 11.6 Å². The Morgan fingerprint density at radius 2 is 2.15 bits per heavy atom. The summed E-state index contributed by atoms with van der Waals surface area (Å²) in [6.45, 7) is 5.14. The van der Waals surface area contributed by atoms with Crippen LogP contribution in [0.15, 0.2) is 36.5 Å². The fourth-order valence-electron chi connectivity index (χ4n) is 1.89. The minimum Gasteiger partial charge on any atom is -0.385 e. The fraction of sp³-hybridized carbons (Fsp3) is 0.267. The smallest absolute Gasteiger partial charge is 0.253 e. The summed E-state index contributed by atoms with van der Waals surface area (Å²) in [6, 6.07) is 9.36. The van der Waals surface area contributed by atoms with E-state index in [9.17, 15) is 4.79 Å². The van der Waals surface area contributed by atoms with Gasteiger partial charge in [-0.1, -0.05) is 6.07 Å². The monoisotopic (exact) mass is 270 g/mol. The van der Waals surface area contributed by atoms with E-state index in [1.54, 1.807) is 12.3 Å². The molecular weight excluding hydrogens is 252 g/mol. The molecule has 1 aromatic carbocycles. The average molecular weight is 270 g/mol. The number of rotatable bonds is 5. The number of aromatic nitrogens is 2. The van der Waals surface area contributed by atoms with Crippen LogP contribution in [0.25, 0.3) is 0 Å². The van der Waals surface area contributed by atoms with Crippen LogP contribution in [0.2, 0.25) is 0 Å². The highest BCUT2D eigenvalue weighted by molar-refractivity contribution is 5.99. The summed E-state index contributed by atoms with van der Waals surface area (Å²) in [5.74, 6) is -0.119. The molecule has 5 heteroatoms. The minimum absolute atomic E-state index is 0.119. The van der Waals surface area contributed by atoms with Crippen molar-refractivity contribution in [2.75, 3.05) is 11.9 Å². The van der Waals surface area contributed by atoms with Gasteiger partial charge in [-0.2, -0.15) is 10.2 Å². The van der Waals surface area contributed by atoms with Gasteiger partial charge in [0.25, 0.3) is 5.91 Å². The second-order valence-electron chi connectivity index (χ2n) is 4.48. The van der Waals surface area contributed by atoms with Gasteiger partial charge in [-0.25, -0.2) is 0 Å². The predicted octanol–water partition coefficient (Wildman–Crippen LogP) is 2.15. The van der Waals surface area contributed by atoms with Crippen molar-refractivity contribution in [3.05, 3.63) is 53.3 Å². The third-order valence-electron chi connectivity index (χ3n) is 2.84. The lowest BCUT2D eigenvalue weighted by Gasteiger charge is -2.11. The Morgan fingerprint density at radius 1 is 1.30 bits per heavy atom. The first kappa shape index (κ1) is 14.0. The molecule has 2 aromatic rings. The van der Waals surface area contributed by atoms with Crippen LogP contribution in [0.5, 0.6) is 0 Å². The third kappa shape index (κ3) is 3.54. The molecule has 0 bridgehead atoms. The molecule has 1 aromatic heterocycles. The minimum atomic E-state index is -0.119. The predicted molar refractivity (Wildman–Crippen MR) is 78.5 cm³/mol. The normalized spacial score (nSPS) is 10.1. The maximum absolute atomic E-state index is 12.2. The van der Waals surface area contributed by atoms with E-state index in [1.165, 1.54) is 0 Å². The molecule has 0 atom stereocenters. The molecule has 5 nitrogen and oxygen atoms in total. The number of aryl methyl sites for hydroxylation is 1. The number of carbonyl (C=O) groups is 1. The van der Waals surface area contributed by atoms with Crippen molar-refractivity contribution in [3.8, 4) is 0 Å². The van der Waals surface area contributed by atoms with E-state index in [2.05, 4.69) is 20.8 Å². The molecule has 0 aliphatic carbocycles. The van der Waals surface area contributed by atoms with Gasteiger partial charge in [0.1, 0.15) is 0 Å². The molecule has 0 aliphatic heterocycles. The van der Waals surface area contributed by atoms with Crippen molar-refractivity contribution in [1.82, 2.24) is 15.5 Å². The van der Waals surface area contributed by atoms with E-state index >= 15 is 0 Å². The molecule has 2 rings (SSSR count). The van der Waals surface area contributed by atoms with Crippen LogP contribution in [0, 0.1) is 6.92 Å². The first-order valence-electron chi connectivity index (χ1n) is 6.60. The van der Waals surface area contributed by atoms with Crippen LogP contribution in [0.4, 0.5) is 5.69 Å². The summed E-state index contributed by atoms with van der Waals surface area (Å²) in [4.78, 5) is 12.2. The van der Waals surface area contributed by atoms with E-state index in [4.69, 9.17) is 0 Å². The molecule has 1 heterocycles. The topological polar surface area (TPSA) is 66.9 Å². The Kier molecular flexibility index (Phi) is 4.65. The van der Waals surface area contributed by atoms with Gasteiger partial charge in [0.2, 0.25) is 0 Å². The average Bonchev–Trinajstić information content (AvgIpc) is 2.46. The molecule has 20 heavy (non-hydrogen) atoms. The van der Waals surface area contributed by atoms with Gasteiger partial charge in [-0.05, 0) is 43.7 Å². The Hall–Kier alpha value is -2.43. The van der Waals surface area contributed by atoms with Crippen LogP contribution in [0.3, 0.4) is 0 Å². The van der Waals surface area contributed by atoms with Gasteiger partial charge in [0.05, 0.1) is 17.8 Å². The number of nitrogens with one attached hydrogen (secondary N) is 2. The van der Waals surface area contributed by atoms with Gasteiger partial charge in [0, 0.05) is 18.4 Å². The Bertz CT molecular complexity index is 584. The maximum atomic E-state index is 12.2. The molecule has 1 amide bonds. The van der Waals surface area contributed by atoms with Crippen molar-refractivity contribution in [1.29, 1.82) is 0 Å². The largest absolute Gasteiger partial charge is 0.385 e. The second kappa shape index (κ2) is 6.65. The van der Waals surface area contributed by atoms with Gasteiger partial charge >= 0.3 is 0 Å². The van der Waals surface area contributed by atoms with Gasteiger partial charge in [0.15, 0.2) is 0 Å². The summed E-state index contributed by atoms with van der Waals surface area (Å²) in [7, 11) is 0. The summed E-state index contributed by atoms with van der Waals surface area (Å²) in [5.41, 5.74) is 3.34. The summed E-state index contributed by atoms with van der Waals surface area (Å²) in [5, 5.41) is 13.8. The molecule has 0 aliphatic rings. The van der Waals surface area contributed by atoms with E-state index in [-0.39, 0.29) is 5.91 Å². The molecule has 2 N–H and O–H groups in total. The maximum Gasteiger partial charge on any atom is 0.253 e. The number of benzene rings is 1. The first-order chi connectivity index (χ1) is 9.70. The molecule has 104 valence electrons. The number of hydrogen-bond donors (Lipinski definition) is 2. The second-order valence-corrected chi connectivity index (χ2v) is 4.48. The SMILES string of the molecule is CCNc1cc(C)ccc1C(=O)NCc1cccnn1. The van der Waals surface area contributed by atoms with E-state index in [0.29, 0.717) is 12.1 Å². The van der Waals surface area contributed by atoms with Crippen molar-refractivity contribution < 1.29 is 4.79 Å². The van der Waals surface area contributed by atoms with E-state index in [1.807, 2.05) is 38.1 Å². The number of carbonyl (C=O) groups excluding carboxylic acids is 1. The van der Waals surface area contributed by atoms with Crippen LogP contribution >= 0.6 is 0 Å². The molecule has 0 radical (unpaired) electrons. The van der Waals surface area contributed by atoms with Crippen LogP contribution in [0.1, 0.15) is 28.5 Å². The highest BCUT2D eigenvalue weighted by atomic mass is 16.1. The van der Waals surface area contributed by atoms with Gasteiger partial charge < -0.3 is 10.6 Å². The number of hydrogen-bond acceptors (Lipinski definition) is 4. The molecule has 0 spiro atoms. The van der Waals surface area contributed by atoms with Crippen molar-refractivity contribution in [3.63, 3.8) is 0 Å². The number of amides is 1. The zero-order chi connectivity index (χ0) is 14.4. The standard InChI is InChI=1S/C15H18N4O/c1-3-16-14-9-11(2)6-7-13(14)15(20)17-10-12-5-4-8-18-19-12/h4-9,16H,3,10H2,1-2H3,(H,17,20). The Labute approximate surface area is 118 Å². The molecule has 0 saturated heterocycles. The number of anilines is 1. The van der Waals surface area contributed by atoms with Gasteiger partial charge in [-0.15, -0.1) is 0 Å². The zero-order valence-corrected chi connectivity index (χ0v) is 11.7. The quantitative estimate of drug-likeness (QED) is 0.873. The van der Waals surface area contributed by atoms with Crippen molar-refractivity contribution in [2.45, 2.75) is 20.4 Å². The first-order valence-corrected chi connectivity index (χ1v) is 6.60. The lowest BCUT2D eigenvalue weighted by atomic mass is 10.1. The van der Waals surface area contributed by atoms with Crippen LogP contribution in [-0.2, 0) is 6.54 Å². The van der Waals surface area contributed by atoms with Gasteiger partial charge in [-0.3, -0.25) is 4.79 Å². The highest BCUT2D eigenvalue weighted by Crippen LogP contribution is 2.17. The number of nitrogens with zero attached hydrogens (tertiary/aromatic N) is 2. The van der Waals surface area contributed by atoms with E-state index in [0.717, 1.165) is 23.5 Å². The molecule has 0 fully saturated rings. The highest BCUT2D eigenvalue weighted by Gasteiger charge is 2.11. The zero-order valence-electron chi connectivity index (χ0n) is 11.7. The summed E-state index contributed by atoms with van der Waals surface area (Å²) < 4.78 is 0. The Balaban J connectivity index is 2.09.